The molecule has 1 aromatic carbocycles. The molecular weight excluding hydrogens is 220 g/mol. The smallest absolute Gasteiger partial charge is 0.118 e. The molecule has 0 bridgehead atoms. The van der Waals surface area contributed by atoms with Crippen molar-refractivity contribution >= 4 is 22.8 Å². The first-order chi connectivity index (χ1) is 7.70. The molecule has 84 valence electrons. The summed E-state index contributed by atoms with van der Waals surface area (Å²) in [5.41, 5.74) is 2.74. The largest absolute Gasteiger partial charge is 0.395 e. The minimum Gasteiger partial charge on any atom is -0.395 e. The van der Waals surface area contributed by atoms with Crippen LogP contribution in [-0.2, 0) is 0 Å². The summed E-state index contributed by atoms with van der Waals surface area (Å²) < 4.78 is 0. The molecule has 0 radical (unpaired) electrons. The zero-order chi connectivity index (χ0) is 11.5. The third kappa shape index (κ3) is 2.33. The van der Waals surface area contributed by atoms with Gasteiger partial charge in [-0.15, -0.1) is 0 Å². The predicted molar refractivity (Wildman–Crippen MR) is 66.7 cm³/mol. The molecule has 0 saturated carbocycles. The van der Waals surface area contributed by atoms with Crippen LogP contribution in [0.5, 0.6) is 0 Å². The number of aryl methyl sites for hydroxylation is 1. The first-order valence-corrected chi connectivity index (χ1v) is 6.09. The number of rotatable bonds is 3. The number of hydrogen-bond donors (Lipinski definition) is 1. The van der Waals surface area contributed by atoms with Gasteiger partial charge in [-0.3, -0.25) is 0 Å². The van der Waals surface area contributed by atoms with Gasteiger partial charge in [0.1, 0.15) is 5.03 Å². The summed E-state index contributed by atoms with van der Waals surface area (Å²) in [5.74, 6) is 0. The van der Waals surface area contributed by atoms with Crippen LogP contribution in [-0.4, -0.2) is 26.9 Å². The van der Waals surface area contributed by atoms with Gasteiger partial charge in [0.05, 0.1) is 23.3 Å². The number of fused-ring (bicyclic) bond motifs is 1. The van der Waals surface area contributed by atoms with E-state index in [1.54, 1.807) is 11.8 Å². The summed E-state index contributed by atoms with van der Waals surface area (Å²) in [6.45, 7) is 4.07. The van der Waals surface area contributed by atoms with Gasteiger partial charge in [-0.05, 0) is 19.1 Å². The van der Waals surface area contributed by atoms with E-state index in [0.29, 0.717) is 0 Å². The van der Waals surface area contributed by atoms with Gasteiger partial charge in [-0.2, -0.15) is 0 Å². The molecule has 4 heteroatoms. The Kier molecular flexibility index (Phi) is 3.41. The van der Waals surface area contributed by atoms with Crippen molar-refractivity contribution in [2.45, 2.75) is 24.1 Å². The fraction of sp³-hybridized carbons (Fsp3) is 0.333. The molecule has 1 atom stereocenters. The predicted octanol–water partition coefficient (Wildman–Crippen LogP) is 2.41. The summed E-state index contributed by atoms with van der Waals surface area (Å²) in [7, 11) is 0. The Labute approximate surface area is 98.9 Å². The van der Waals surface area contributed by atoms with Crippen LogP contribution in [0.3, 0.4) is 0 Å². The number of para-hydroxylation sites is 2. The standard InChI is InChI=1S/C12H14N2OS/c1-8(7-15)16-12-9(2)13-10-5-3-4-6-11(10)14-12/h3-6,8,15H,7H2,1-2H3. The van der Waals surface area contributed by atoms with Crippen molar-refractivity contribution in [2.24, 2.45) is 0 Å². The average Bonchev–Trinajstić information content (AvgIpc) is 2.30. The molecule has 16 heavy (non-hydrogen) atoms. The van der Waals surface area contributed by atoms with Crippen LogP contribution >= 0.6 is 11.8 Å². The number of nitrogens with zero attached hydrogens (tertiary/aromatic N) is 2. The molecule has 2 rings (SSSR count). The Morgan fingerprint density at radius 3 is 2.50 bits per heavy atom. The topological polar surface area (TPSA) is 46.0 Å². The van der Waals surface area contributed by atoms with E-state index in [2.05, 4.69) is 9.97 Å². The third-order valence-corrected chi connectivity index (χ3v) is 3.43. The van der Waals surface area contributed by atoms with E-state index in [1.807, 2.05) is 38.1 Å². The van der Waals surface area contributed by atoms with E-state index in [0.717, 1.165) is 21.8 Å². The van der Waals surface area contributed by atoms with Gasteiger partial charge in [0, 0.05) is 5.25 Å². The minimum absolute atomic E-state index is 0.147. The van der Waals surface area contributed by atoms with E-state index < -0.39 is 0 Å². The highest BCUT2D eigenvalue weighted by molar-refractivity contribution is 7.99. The van der Waals surface area contributed by atoms with Gasteiger partial charge < -0.3 is 5.11 Å². The van der Waals surface area contributed by atoms with Gasteiger partial charge in [0.2, 0.25) is 0 Å². The number of benzene rings is 1. The molecular formula is C12H14N2OS. The van der Waals surface area contributed by atoms with Crippen molar-refractivity contribution in [2.75, 3.05) is 6.61 Å². The fourth-order valence-electron chi connectivity index (χ4n) is 1.41. The number of hydrogen-bond acceptors (Lipinski definition) is 4. The summed E-state index contributed by atoms with van der Waals surface area (Å²) in [6.07, 6.45) is 0. The molecule has 0 amide bonds. The van der Waals surface area contributed by atoms with Crippen molar-refractivity contribution in [3.63, 3.8) is 0 Å². The summed E-state index contributed by atoms with van der Waals surface area (Å²) in [4.78, 5) is 9.05. The normalized spacial score (nSPS) is 12.9. The lowest BCUT2D eigenvalue weighted by molar-refractivity contribution is 0.300. The first kappa shape index (κ1) is 11.4. The van der Waals surface area contributed by atoms with Crippen molar-refractivity contribution < 1.29 is 5.11 Å². The maximum absolute atomic E-state index is 9.03. The molecule has 1 unspecified atom stereocenters. The highest BCUT2D eigenvalue weighted by Crippen LogP contribution is 2.25. The van der Waals surface area contributed by atoms with Crippen LogP contribution in [0.25, 0.3) is 11.0 Å². The summed E-state index contributed by atoms with van der Waals surface area (Å²) in [6, 6.07) is 7.82. The minimum atomic E-state index is 0.147. The second-order valence-corrected chi connectivity index (χ2v) is 5.14. The fourth-order valence-corrected chi connectivity index (χ4v) is 2.23. The highest BCUT2D eigenvalue weighted by Gasteiger charge is 2.09. The highest BCUT2D eigenvalue weighted by atomic mass is 32.2. The van der Waals surface area contributed by atoms with Crippen molar-refractivity contribution in [3.8, 4) is 0 Å². The van der Waals surface area contributed by atoms with Gasteiger partial charge >= 0.3 is 0 Å². The van der Waals surface area contributed by atoms with Gasteiger partial charge in [-0.25, -0.2) is 9.97 Å². The monoisotopic (exact) mass is 234 g/mol. The number of thioether (sulfide) groups is 1. The van der Waals surface area contributed by atoms with E-state index in [1.165, 1.54) is 0 Å². The Morgan fingerprint density at radius 2 is 1.88 bits per heavy atom. The summed E-state index contributed by atoms with van der Waals surface area (Å²) >= 11 is 1.56. The lowest BCUT2D eigenvalue weighted by Gasteiger charge is -2.09. The Morgan fingerprint density at radius 1 is 1.25 bits per heavy atom. The van der Waals surface area contributed by atoms with Crippen LogP contribution in [0, 0.1) is 6.92 Å². The Balaban J connectivity index is 2.42. The molecule has 0 aliphatic heterocycles. The maximum atomic E-state index is 9.03. The van der Waals surface area contributed by atoms with Crippen molar-refractivity contribution in [1.82, 2.24) is 9.97 Å². The molecule has 0 aliphatic rings. The molecule has 1 heterocycles. The average molecular weight is 234 g/mol. The molecule has 0 saturated heterocycles. The molecule has 1 N–H and O–H groups in total. The number of aromatic nitrogens is 2. The number of aliphatic hydroxyl groups excluding tert-OH is 1. The molecule has 3 nitrogen and oxygen atoms in total. The van der Waals surface area contributed by atoms with E-state index >= 15 is 0 Å². The molecule has 1 aromatic heterocycles. The molecule has 2 aromatic rings. The maximum Gasteiger partial charge on any atom is 0.118 e. The molecule has 0 fully saturated rings. The first-order valence-electron chi connectivity index (χ1n) is 5.21. The zero-order valence-corrected chi connectivity index (χ0v) is 10.2. The van der Waals surface area contributed by atoms with Crippen LogP contribution in [0.4, 0.5) is 0 Å². The van der Waals surface area contributed by atoms with Crippen LogP contribution in [0.2, 0.25) is 0 Å². The van der Waals surface area contributed by atoms with Gasteiger partial charge in [0.25, 0.3) is 0 Å². The lowest BCUT2D eigenvalue weighted by Crippen LogP contribution is -2.04. The van der Waals surface area contributed by atoms with E-state index in [-0.39, 0.29) is 11.9 Å². The SMILES string of the molecule is Cc1nc2ccccc2nc1SC(C)CO. The van der Waals surface area contributed by atoms with Crippen LogP contribution in [0.1, 0.15) is 12.6 Å². The Hall–Kier alpha value is -1.13. The van der Waals surface area contributed by atoms with Crippen molar-refractivity contribution in [1.29, 1.82) is 0 Å². The lowest BCUT2D eigenvalue weighted by atomic mass is 10.3. The van der Waals surface area contributed by atoms with Gasteiger partial charge in [0.15, 0.2) is 0 Å². The second kappa shape index (κ2) is 4.80. The van der Waals surface area contributed by atoms with E-state index in [9.17, 15) is 0 Å². The third-order valence-electron chi connectivity index (χ3n) is 2.27. The van der Waals surface area contributed by atoms with Gasteiger partial charge in [-0.1, -0.05) is 30.8 Å². The van der Waals surface area contributed by atoms with Crippen LogP contribution < -0.4 is 0 Å². The molecule has 0 aliphatic carbocycles. The zero-order valence-electron chi connectivity index (χ0n) is 9.34. The van der Waals surface area contributed by atoms with Crippen molar-refractivity contribution in [3.05, 3.63) is 30.0 Å². The molecule has 0 spiro atoms. The number of aliphatic hydroxyl groups is 1. The van der Waals surface area contributed by atoms with E-state index in [4.69, 9.17) is 5.11 Å². The van der Waals surface area contributed by atoms with Crippen LogP contribution in [0.15, 0.2) is 29.3 Å². The quantitative estimate of drug-likeness (QED) is 0.828. The second-order valence-electron chi connectivity index (χ2n) is 3.71. The Bertz CT molecular complexity index is 501. The summed E-state index contributed by atoms with van der Waals surface area (Å²) in [5, 5.41) is 10.1.